The molecule has 2 aromatic heterocycles. The van der Waals surface area contributed by atoms with Gasteiger partial charge in [-0.3, -0.25) is 0 Å². The molecule has 0 spiro atoms. The summed E-state index contributed by atoms with van der Waals surface area (Å²) in [7, 11) is 0. The van der Waals surface area contributed by atoms with Crippen LogP contribution in [0.5, 0.6) is 5.75 Å². The van der Waals surface area contributed by atoms with Crippen molar-refractivity contribution in [3.05, 3.63) is 72.2 Å². The quantitative estimate of drug-likeness (QED) is 0.466. The Bertz CT molecular complexity index is 891. The Morgan fingerprint density at radius 2 is 2.00 bits per heavy atom. The van der Waals surface area contributed by atoms with Crippen LogP contribution < -0.4 is 15.4 Å². The average molecular weight is 378 g/mol. The van der Waals surface area contributed by atoms with Gasteiger partial charge in [-0.1, -0.05) is 18.2 Å². The zero-order valence-corrected chi connectivity index (χ0v) is 16.3. The molecule has 3 rings (SSSR count). The molecule has 2 N–H and O–H groups in total. The van der Waals surface area contributed by atoms with Crippen LogP contribution in [-0.2, 0) is 13.1 Å². The number of guanidine groups is 1. The van der Waals surface area contributed by atoms with Gasteiger partial charge in [0.25, 0.3) is 0 Å². The molecular formula is C21H26N6O. The molecule has 0 saturated carbocycles. The van der Waals surface area contributed by atoms with Crippen molar-refractivity contribution in [3.63, 3.8) is 0 Å². The van der Waals surface area contributed by atoms with Gasteiger partial charge >= 0.3 is 0 Å². The fourth-order valence-electron chi connectivity index (χ4n) is 2.73. The molecule has 0 amide bonds. The lowest BCUT2D eigenvalue weighted by atomic mass is 10.2. The van der Waals surface area contributed by atoms with E-state index in [0.717, 1.165) is 35.2 Å². The highest BCUT2D eigenvalue weighted by Crippen LogP contribution is 2.17. The molecule has 7 nitrogen and oxygen atoms in total. The molecule has 2 heterocycles. The zero-order chi connectivity index (χ0) is 19.6. The number of nitrogens with one attached hydrogen (secondary N) is 2. The summed E-state index contributed by atoms with van der Waals surface area (Å²) in [4.78, 5) is 9.05. The van der Waals surface area contributed by atoms with Crippen molar-refractivity contribution in [1.29, 1.82) is 0 Å². The van der Waals surface area contributed by atoms with Crippen LogP contribution >= 0.6 is 0 Å². The fraction of sp³-hybridized carbons (Fsp3) is 0.286. The van der Waals surface area contributed by atoms with Crippen molar-refractivity contribution in [2.75, 3.05) is 13.2 Å². The lowest BCUT2D eigenvalue weighted by molar-refractivity contribution is 0.336. The van der Waals surface area contributed by atoms with Crippen LogP contribution in [-0.4, -0.2) is 33.9 Å². The molecule has 0 atom stereocenters. The lowest BCUT2D eigenvalue weighted by Crippen LogP contribution is -2.36. The first-order valence-corrected chi connectivity index (χ1v) is 9.48. The number of ether oxygens (including phenoxy) is 1. The molecule has 3 aromatic rings. The molecule has 0 aliphatic heterocycles. The van der Waals surface area contributed by atoms with Gasteiger partial charge in [0, 0.05) is 37.2 Å². The van der Waals surface area contributed by atoms with E-state index < -0.39 is 0 Å². The maximum absolute atomic E-state index is 5.69. The molecule has 0 radical (unpaired) electrons. The van der Waals surface area contributed by atoms with E-state index in [2.05, 4.69) is 26.8 Å². The van der Waals surface area contributed by atoms with Gasteiger partial charge in [0.2, 0.25) is 0 Å². The van der Waals surface area contributed by atoms with Gasteiger partial charge < -0.3 is 15.4 Å². The SMILES string of the molecule is CCNC(=NCc1ccnc(-n2cccn2)c1)NCc1ccccc1OCC. The van der Waals surface area contributed by atoms with Gasteiger partial charge in [-0.2, -0.15) is 5.10 Å². The zero-order valence-electron chi connectivity index (χ0n) is 16.3. The van der Waals surface area contributed by atoms with Crippen molar-refractivity contribution < 1.29 is 4.74 Å². The van der Waals surface area contributed by atoms with Crippen LogP contribution in [0.2, 0.25) is 0 Å². The smallest absolute Gasteiger partial charge is 0.191 e. The fourth-order valence-corrected chi connectivity index (χ4v) is 2.73. The number of hydrogen-bond donors (Lipinski definition) is 2. The van der Waals surface area contributed by atoms with Crippen molar-refractivity contribution in [1.82, 2.24) is 25.4 Å². The van der Waals surface area contributed by atoms with Crippen LogP contribution in [0.1, 0.15) is 25.0 Å². The number of rotatable bonds is 8. The number of hydrogen-bond acceptors (Lipinski definition) is 4. The predicted octanol–water partition coefficient (Wildman–Crippen LogP) is 2.92. The second kappa shape index (κ2) is 10.1. The minimum Gasteiger partial charge on any atom is -0.494 e. The highest BCUT2D eigenvalue weighted by atomic mass is 16.5. The van der Waals surface area contributed by atoms with Crippen LogP contribution in [0.25, 0.3) is 5.82 Å². The van der Waals surface area contributed by atoms with Gasteiger partial charge in [-0.05, 0) is 43.7 Å². The van der Waals surface area contributed by atoms with E-state index in [9.17, 15) is 0 Å². The van der Waals surface area contributed by atoms with E-state index in [0.29, 0.717) is 19.7 Å². The van der Waals surface area contributed by atoms with Crippen molar-refractivity contribution in [2.24, 2.45) is 4.99 Å². The number of pyridine rings is 1. The van der Waals surface area contributed by atoms with Crippen molar-refractivity contribution in [2.45, 2.75) is 26.9 Å². The normalized spacial score (nSPS) is 11.3. The minimum absolute atomic E-state index is 0.541. The van der Waals surface area contributed by atoms with Gasteiger partial charge in [0.05, 0.1) is 13.2 Å². The standard InChI is InChI=1S/C21H26N6O/c1-3-22-21(25-16-18-8-5-6-9-19(18)28-4-2)24-15-17-10-12-23-20(14-17)27-13-7-11-26-27/h5-14H,3-4,15-16H2,1-2H3,(H2,22,24,25). The maximum Gasteiger partial charge on any atom is 0.191 e. The van der Waals surface area contributed by atoms with Crippen LogP contribution in [0, 0.1) is 0 Å². The maximum atomic E-state index is 5.69. The summed E-state index contributed by atoms with van der Waals surface area (Å²) in [5.41, 5.74) is 2.16. The Morgan fingerprint density at radius 3 is 2.79 bits per heavy atom. The van der Waals surface area contributed by atoms with Crippen LogP contribution in [0.3, 0.4) is 0 Å². The summed E-state index contributed by atoms with van der Waals surface area (Å²) in [6.45, 7) is 6.64. The van der Waals surface area contributed by atoms with Gasteiger partial charge in [0.15, 0.2) is 11.8 Å². The second-order valence-corrected chi connectivity index (χ2v) is 6.06. The molecule has 0 fully saturated rings. The Kier molecular flexibility index (Phi) is 7.01. The van der Waals surface area contributed by atoms with Crippen LogP contribution in [0.4, 0.5) is 0 Å². The Labute approximate surface area is 165 Å². The van der Waals surface area contributed by atoms with Gasteiger partial charge in [-0.15, -0.1) is 0 Å². The first-order chi connectivity index (χ1) is 13.8. The molecular weight excluding hydrogens is 352 g/mol. The number of nitrogens with zero attached hydrogens (tertiary/aromatic N) is 4. The average Bonchev–Trinajstić information content (AvgIpc) is 3.26. The summed E-state index contributed by atoms with van der Waals surface area (Å²) >= 11 is 0. The molecule has 146 valence electrons. The van der Waals surface area contributed by atoms with E-state index in [1.54, 1.807) is 17.1 Å². The van der Waals surface area contributed by atoms with Gasteiger partial charge in [0.1, 0.15) is 5.75 Å². The molecule has 0 aliphatic rings. The van der Waals surface area contributed by atoms with E-state index >= 15 is 0 Å². The predicted molar refractivity (Wildman–Crippen MR) is 111 cm³/mol. The second-order valence-electron chi connectivity index (χ2n) is 6.06. The molecule has 28 heavy (non-hydrogen) atoms. The Hall–Kier alpha value is -3.35. The number of benzene rings is 1. The summed E-state index contributed by atoms with van der Waals surface area (Å²) in [6.07, 6.45) is 5.39. The summed E-state index contributed by atoms with van der Waals surface area (Å²) in [6, 6.07) is 13.9. The van der Waals surface area contributed by atoms with E-state index in [1.807, 2.05) is 56.4 Å². The van der Waals surface area contributed by atoms with Crippen LogP contribution in [0.15, 0.2) is 66.0 Å². The van der Waals surface area contributed by atoms with Crippen molar-refractivity contribution in [3.8, 4) is 11.6 Å². The topological polar surface area (TPSA) is 76.4 Å². The Morgan fingerprint density at radius 1 is 1.11 bits per heavy atom. The lowest BCUT2D eigenvalue weighted by Gasteiger charge is -2.14. The molecule has 0 aliphatic carbocycles. The van der Waals surface area contributed by atoms with E-state index in [4.69, 9.17) is 9.73 Å². The third-order valence-electron chi connectivity index (χ3n) is 4.03. The third-order valence-corrected chi connectivity index (χ3v) is 4.03. The summed E-state index contributed by atoms with van der Waals surface area (Å²) < 4.78 is 7.43. The van der Waals surface area contributed by atoms with Crippen molar-refractivity contribution >= 4 is 5.96 Å². The van der Waals surface area contributed by atoms with E-state index in [1.165, 1.54) is 0 Å². The minimum atomic E-state index is 0.541. The first kappa shape index (κ1) is 19.4. The number of para-hydroxylation sites is 1. The molecule has 0 bridgehead atoms. The molecule has 0 saturated heterocycles. The first-order valence-electron chi connectivity index (χ1n) is 9.48. The highest BCUT2D eigenvalue weighted by molar-refractivity contribution is 5.79. The third kappa shape index (κ3) is 5.33. The van der Waals surface area contributed by atoms with Gasteiger partial charge in [-0.25, -0.2) is 14.7 Å². The monoisotopic (exact) mass is 378 g/mol. The molecule has 1 aromatic carbocycles. The summed E-state index contributed by atoms with van der Waals surface area (Å²) in [5, 5.41) is 10.9. The van der Waals surface area contributed by atoms with E-state index in [-0.39, 0.29) is 0 Å². The number of aromatic nitrogens is 3. The number of aliphatic imine (C=N–C) groups is 1. The largest absolute Gasteiger partial charge is 0.494 e. The summed E-state index contributed by atoms with van der Waals surface area (Å²) in [5.74, 6) is 2.43. The molecule has 7 heteroatoms. The Balaban J connectivity index is 1.67. The highest BCUT2D eigenvalue weighted by Gasteiger charge is 2.05. The molecule has 0 unspecified atom stereocenters.